The molecule has 1 N–H and O–H groups in total. The second-order valence-electron chi connectivity index (χ2n) is 12.7. The minimum Gasteiger partial charge on any atom is -0.488 e. The first-order valence-electron chi connectivity index (χ1n) is 13.7. The Morgan fingerprint density at radius 3 is 2.12 bits per heavy atom. The molecule has 1 atom stereocenters. The van der Waals surface area contributed by atoms with E-state index in [0.29, 0.717) is 23.5 Å². The van der Waals surface area contributed by atoms with Crippen LogP contribution in [0.15, 0.2) is 54.6 Å². The topological polar surface area (TPSA) is 90.9 Å². The second kappa shape index (κ2) is 14.2. The van der Waals surface area contributed by atoms with Crippen molar-refractivity contribution in [1.82, 2.24) is 5.32 Å². The van der Waals surface area contributed by atoms with Crippen molar-refractivity contribution in [3.63, 3.8) is 0 Å². The van der Waals surface area contributed by atoms with Crippen molar-refractivity contribution in [1.29, 1.82) is 0 Å². The molecule has 0 aliphatic carbocycles. The summed E-state index contributed by atoms with van der Waals surface area (Å²) < 4.78 is 16.9. The van der Waals surface area contributed by atoms with Crippen molar-refractivity contribution in [3.05, 3.63) is 71.3 Å². The van der Waals surface area contributed by atoms with Crippen LogP contribution in [-0.2, 0) is 30.5 Å². The Balaban J connectivity index is 2.32. The Morgan fingerprint density at radius 2 is 1.54 bits per heavy atom. The van der Waals surface area contributed by atoms with E-state index in [0.717, 1.165) is 5.56 Å². The molecule has 2 rings (SSSR count). The Labute approximate surface area is 245 Å². The lowest BCUT2D eigenvalue weighted by Gasteiger charge is -2.25. The Kier molecular flexibility index (Phi) is 11.5. The van der Waals surface area contributed by atoms with Crippen molar-refractivity contribution in [2.75, 3.05) is 0 Å². The number of esters is 2. The van der Waals surface area contributed by atoms with Crippen LogP contribution in [0.4, 0.5) is 0 Å². The lowest BCUT2D eigenvalue weighted by molar-refractivity contribution is -0.165. The molecule has 220 valence electrons. The number of benzene rings is 2. The van der Waals surface area contributed by atoms with Gasteiger partial charge in [-0.3, -0.25) is 9.59 Å². The van der Waals surface area contributed by atoms with Gasteiger partial charge in [0.15, 0.2) is 0 Å². The molecular weight excluding hydrogens is 534 g/mol. The molecule has 7 nitrogen and oxygen atoms in total. The summed E-state index contributed by atoms with van der Waals surface area (Å²) in [6.45, 7) is 17.2. The van der Waals surface area contributed by atoms with Crippen molar-refractivity contribution in [3.8, 4) is 17.2 Å². The first kappa shape index (κ1) is 33.4. The van der Waals surface area contributed by atoms with Crippen molar-refractivity contribution in [2.24, 2.45) is 0 Å². The number of nitrogens with one attached hydrogen (secondary N) is 1. The highest BCUT2D eigenvalue weighted by Crippen LogP contribution is 2.24. The van der Waals surface area contributed by atoms with Gasteiger partial charge in [-0.05, 0) is 64.8 Å². The maximum atomic E-state index is 13.0. The standard InChI is InChI=1S/C33H43NO6Si/c1-32(2,3)39-30(36)22-27(31(37)40-33(4,5)6)34-29(35)19-18-25-16-13-17-28(26(25)20-21-41(7,8)9)38-23-24-14-11-10-12-15-24/h10-19,27H,22-23H2,1-9H3,(H,34,35)/b19-18+/t27-/m0/s1. The number of hydrogen-bond acceptors (Lipinski definition) is 6. The number of carbonyl (C=O) groups excluding carboxylic acids is 3. The molecule has 0 saturated heterocycles. The van der Waals surface area contributed by atoms with Gasteiger partial charge >= 0.3 is 11.9 Å². The number of carbonyl (C=O) groups is 3. The first-order valence-corrected chi connectivity index (χ1v) is 17.2. The van der Waals surface area contributed by atoms with E-state index in [-0.39, 0.29) is 6.42 Å². The predicted molar refractivity (Wildman–Crippen MR) is 165 cm³/mol. The van der Waals surface area contributed by atoms with Crippen LogP contribution in [0.1, 0.15) is 64.7 Å². The second-order valence-corrected chi connectivity index (χ2v) is 17.5. The molecule has 2 aromatic rings. The van der Waals surface area contributed by atoms with E-state index in [1.165, 1.54) is 6.08 Å². The molecule has 0 fully saturated rings. The van der Waals surface area contributed by atoms with E-state index in [4.69, 9.17) is 14.2 Å². The number of hydrogen-bond donors (Lipinski definition) is 1. The zero-order valence-electron chi connectivity index (χ0n) is 25.7. The summed E-state index contributed by atoms with van der Waals surface area (Å²) in [6, 6.07) is 14.2. The quantitative estimate of drug-likeness (QED) is 0.168. The van der Waals surface area contributed by atoms with Gasteiger partial charge in [-0.15, -0.1) is 5.54 Å². The minimum atomic E-state index is -1.72. The molecule has 0 spiro atoms. The predicted octanol–water partition coefficient (Wildman–Crippen LogP) is 6.07. The summed E-state index contributed by atoms with van der Waals surface area (Å²) in [5.41, 5.74) is 4.23. The average molecular weight is 578 g/mol. The molecule has 0 saturated carbocycles. The molecule has 8 heteroatoms. The van der Waals surface area contributed by atoms with Crippen molar-refractivity contribution in [2.45, 2.75) is 91.5 Å². The summed E-state index contributed by atoms with van der Waals surface area (Å²) in [6.07, 6.45) is 2.57. The highest BCUT2D eigenvalue weighted by Gasteiger charge is 2.30. The highest BCUT2D eigenvalue weighted by molar-refractivity contribution is 6.83. The third-order valence-electron chi connectivity index (χ3n) is 5.07. The van der Waals surface area contributed by atoms with E-state index < -0.39 is 43.2 Å². The van der Waals surface area contributed by atoms with E-state index in [2.05, 4.69) is 36.4 Å². The molecule has 2 aromatic carbocycles. The number of ether oxygens (including phenoxy) is 3. The van der Waals surface area contributed by atoms with Crippen LogP contribution in [-0.4, -0.2) is 43.2 Å². The smallest absolute Gasteiger partial charge is 0.329 e. The average Bonchev–Trinajstić information content (AvgIpc) is 2.83. The van der Waals surface area contributed by atoms with Crippen LogP contribution in [0.3, 0.4) is 0 Å². The Morgan fingerprint density at radius 1 is 0.902 bits per heavy atom. The fourth-order valence-corrected chi connectivity index (χ4v) is 3.93. The van der Waals surface area contributed by atoms with Gasteiger partial charge in [0.05, 0.1) is 12.0 Å². The van der Waals surface area contributed by atoms with Crippen molar-refractivity contribution < 1.29 is 28.6 Å². The molecule has 0 radical (unpaired) electrons. The number of amides is 1. The molecule has 0 bridgehead atoms. The molecule has 0 aromatic heterocycles. The highest BCUT2D eigenvalue weighted by atomic mass is 28.3. The normalized spacial score (nSPS) is 12.6. The van der Waals surface area contributed by atoms with Gasteiger partial charge in [0.25, 0.3) is 0 Å². The van der Waals surface area contributed by atoms with Crippen molar-refractivity contribution >= 4 is 32.0 Å². The summed E-state index contributed by atoms with van der Waals surface area (Å²) in [5.74, 6) is 1.99. The molecule has 0 heterocycles. The lowest BCUT2D eigenvalue weighted by Crippen LogP contribution is -2.45. The molecule has 41 heavy (non-hydrogen) atoms. The lowest BCUT2D eigenvalue weighted by atomic mass is 10.1. The van der Waals surface area contributed by atoms with Gasteiger partial charge in [-0.25, -0.2) is 4.79 Å². The van der Waals surface area contributed by atoms with Crippen LogP contribution in [0.25, 0.3) is 6.08 Å². The van der Waals surface area contributed by atoms with Gasteiger partial charge in [0, 0.05) is 6.08 Å². The fraction of sp³-hybridized carbons (Fsp3) is 0.424. The summed E-state index contributed by atoms with van der Waals surface area (Å²) in [4.78, 5) is 38.3. The first-order chi connectivity index (χ1) is 18.9. The molecule has 0 unspecified atom stereocenters. The van der Waals surface area contributed by atoms with Gasteiger partial charge in [0.2, 0.25) is 5.91 Å². The fourth-order valence-electron chi connectivity index (χ4n) is 3.43. The van der Waals surface area contributed by atoms with Gasteiger partial charge < -0.3 is 19.5 Å². The van der Waals surface area contributed by atoms with Crippen LogP contribution in [0.2, 0.25) is 19.6 Å². The maximum absolute atomic E-state index is 13.0. The van der Waals surface area contributed by atoms with Gasteiger partial charge in [-0.1, -0.05) is 68.0 Å². The monoisotopic (exact) mass is 577 g/mol. The number of rotatable bonds is 9. The van der Waals surface area contributed by atoms with Crippen LogP contribution in [0.5, 0.6) is 5.75 Å². The molecular formula is C33H43NO6Si. The minimum absolute atomic E-state index is 0.360. The third kappa shape index (κ3) is 13.4. The van der Waals surface area contributed by atoms with E-state index >= 15 is 0 Å². The van der Waals surface area contributed by atoms with E-state index in [1.807, 2.05) is 48.5 Å². The van der Waals surface area contributed by atoms with E-state index in [9.17, 15) is 14.4 Å². The summed E-state index contributed by atoms with van der Waals surface area (Å²) >= 11 is 0. The SMILES string of the molecule is CC(C)(C)OC(=O)C[C@H](NC(=O)/C=C/c1cccc(OCc2ccccc2)c1C#C[Si](C)(C)C)C(=O)OC(C)(C)C. The summed E-state index contributed by atoms with van der Waals surface area (Å²) in [5, 5.41) is 2.60. The zero-order valence-corrected chi connectivity index (χ0v) is 26.7. The van der Waals surface area contributed by atoms with Crippen LogP contribution < -0.4 is 10.1 Å². The van der Waals surface area contributed by atoms with Crippen LogP contribution >= 0.6 is 0 Å². The van der Waals surface area contributed by atoms with Gasteiger partial charge in [0.1, 0.15) is 37.7 Å². The van der Waals surface area contributed by atoms with Gasteiger partial charge in [-0.2, -0.15) is 0 Å². The molecule has 1 amide bonds. The Hall–Kier alpha value is -3.83. The third-order valence-corrected chi connectivity index (χ3v) is 5.95. The maximum Gasteiger partial charge on any atom is 0.329 e. The molecule has 0 aliphatic heterocycles. The van der Waals surface area contributed by atoms with Crippen LogP contribution in [0, 0.1) is 11.5 Å². The van der Waals surface area contributed by atoms with E-state index in [1.54, 1.807) is 47.6 Å². The summed E-state index contributed by atoms with van der Waals surface area (Å²) in [7, 11) is -1.72. The molecule has 0 aliphatic rings. The zero-order chi connectivity index (χ0) is 30.8. The largest absolute Gasteiger partial charge is 0.488 e. The Bertz CT molecular complexity index is 1300.